The van der Waals surface area contributed by atoms with Crippen LogP contribution in [-0.2, 0) is 9.59 Å². The highest BCUT2D eigenvalue weighted by atomic mass is 16.1. The minimum Gasteiger partial charge on any atom is -0.299 e. The summed E-state index contributed by atoms with van der Waals surface area (Å²) in [5.74, 6) is 1.45. The molecule has 0 radical (unpaired) electrons. The maximum absolute atomic E-state index is 11.2. The number of carbonyl (C=O) groups excluding carboxylic acids is 2. The van der Waals surface area contributed by atoms with E-state index in [0.29, 0.717) is 18.1 Å². The predicted molar refractivity (Wildman–Crippen MR) is 44.5 cm³/mol. The first-order valence-electron chi connectivity index (χ1n) is 4.04. The lowest BCUT2D eigenvalue weighted by atomic mass is 9.66. The van der Waals surface area contributed by atoms with E-state index >= 15 is 0 Å². The summed E-state index contributed by atoms with van der Waals surface area (Å²) in [4.78, 5) is 22.2. The zero-order valence-electron chi connectivity index (χ0n) is 6.04. The Hall–Kier alpha value is -0.920. The molecule has 4 aliphatic rings. The molecular weight excluding hydrogens is 152 g/mol. The second-order valence-corrected chi connectivity index (χ2v) is 3.74. The zero-order chi connectivity index (χ0) is 7.59. The molecule has 0 heterocycles. The fraction of sp³-hybridized carbons (Fsp3) is 0.600. The third kappa shape index (κ3) is 0.614. The van der Waals surface area contributed by atoms with Gasteiger partial charge in [-0.2, -0.15) is 0 Å². The van der Waals surface area contributed by atoms with E-state index in [1.165, 1.54) is 0 Å². The predicted octanol–water partition coefficient (Wildman–Crippen LogP) is 1.36. The normalized spacial score (nSPS) is 41.7. The lowest BCUT2D eigenvalue weighted by Gasteiger charge is -2.34. The summed E-state index contributed by atoms with van der Waals surface area (Å²) in [5, 5.41) is 0. The Morgan fingerprint density at radius 2 is 2.00 bits per heavy atom. The molecule has 3 unspecified atom stereocenters. The summed E-state index contributed by atoms with van der Waals surface area (Å²) >= 11 is 0. The fourth-order valence-electron chi connectivity index (χ4n) is 2.76. The molecule has 64 valence electrons. The van der Waals surface area contributed by atoms with Crippen LogP contribution in [0.3, 0.4) is 0 Å². The topological polar surface area (TPSA) is 34.1 Å². The van der Waals surface area contributed by atoms with Crippen molar-refractivity contribution in [2.45, 2.75) is 20.3 Å². The van der Waals surface area contributed by atoms with Crippen LogP contribution in [-0.4, -0.2) is 11.6 Å². The van der Waals surface area contributed by atoms with Gasteiger partial charge in [-0.05, 0) is 18.4 Å². The van der Waals surface area contributed by atoms with Gasteiger partial charge < -0.3 is 0 Å². The lowest BCUT2D eigenvalue weighted by Crippen LogP contribution is -2.42. The van der Waals surface area contributed by atoms with Crippen LogP contribution >= 0.6 is 0 Å². The Morgan fingerprint density at radius 3 is 2.67 bits per heavy atom. The molecule has 3 fully saturated rings. The van der Waals surface area contributed by atoms with Crippen molar-refractivity contribution in [1.82, 2.24) is 0 Å². The molecule has 4 rings (SSSR count). The first kappa shape index (κ1) is 7.71. The average Bonchev–Trinajstić information content (AvgIpc) is 2.40. The Morgan fingerprint density at radius 1 is 1.25 bits per heavy atom. The van der Waals surface area contributed by atoms with Crippen molar-refractivity contribution in [2.75, 3.05) is 0 Å². The Labute approximate surface area is 71.6 Å². The number of carbonyl (C=O) groups is 2. The molecular formula is C10H12O2. The van der Waals surface area contributed by atoms with Crippen molar-refractivity contribution in [3.63, 3.8) is 0 Å². The SMILES string of the molecule is C.O=C1C=C2CC3C(=O)C2C3C1. The largest absolute Gasteiger partial charge is 0.299 e. The van der Waals surface area contributed by atoms with E-state index in [2.05, 4.69) is 0 Å². The molecule has 0 aliphatic heterocycles. The van der Waals surface area contributed by atoms with Crippen molar-refractivity contribution >= 4 is 11.6 Å². The van der Waals surface area contributed by atoms with Crippen LogP contribution in [0.5, 0.6) is 0 Å². The molecule has 0 aromatic carbocycles. The summed E-state index contributed by atoms with van der Waals surface area (Å²) in [6, 6.07) is 0. The van der Waals surface area contributed by atoms with E-state index in [9.17, 15) is 9.59 Å². The molecule has 4 aliphatic carbocycles. The molecule has 0 aromatic heterocycles. The van der Waals surface area contributed by atoms with Crippen molar-refractivity contribution in [2.24, 2.45) is 17.8 Å². The van der Waals surface area contributed by atoms with Gasteiger partial charge in [-0.15, -0.1) is 0 Å². The van der Waals surface area contributed by atoms with E-state index in [1.807, 2.05) is 0 Å². The van der Waals surface area contributed by atoms with Gasteiger partial charge in [0.15, 0.2) is 5.78 Å². The lowest BCUT2D eigenvalue weighted by molar-refractivity contribution is -0.137. The van der Waals surface area contributed by atoms with Crippen LogP contribution in [0.25, 0.3) is 0 Å². The molecule has 3 atom stereocenters. The molecule has 0 saturated heterocycles. The quantitative estimate of drug-likeness (QED) is 0.541. The molecule has 2 nitrogen and oxygen atoms in total. The van der Waals surface area contributed by atoms with Crippen LogP contribution in [0.4, 0.5) is 0 Å². The fourth-order valence-corrected chi connectivity index (χ4v) is 2.76. The molecule has 12 heavy (non-hydrogen) atoms. The maximum Gasteiger partial charge on any atom is 0.156 e. The molecule has 0 N–H and O–H groups in total. The first-order chi connectivity index (χ1) is 5.27. The standard InChI is InChI=1S/C9H8O2.CH4/c10-5-1-4-2-7-6(3-5)8(4)9(7)11;/h1,6-8H,2-3H2;1H4. The van der Waals surface area contributed by atoms with Gasteiger partial charge in [0.25, 0.3) is 0 Å². The minimum absolute atomic E-state index is 0. The molecule has 4 bridgehead atoms. The molecule has 0 amide bonds. The summed E-state index contributed by atoms with van der Waals surface area (Å²) < 4.78 is 0. The maximum atomic E-state index is 11.2. The summed E-state index contributed by atoms with van der Waals surface area (Å²) in [7, 11) is 0. The second-order valence-electron chi connectivity index (χ2n) is 3.74. The second kappa shape index (κ2) is 2.06. The first-order valence-corrected chi connectivity index (χ1v) is 4.04. The van der Waals surface area contributed by atoms with Gasteiger partial charge in [0.1, 0.15) is 5.78 Å². The third-order valence-electron chi connectivity index (χ3n) is 3.26. The van der Waals surface area contributed by atoms with Crippen molar-refractivity contribution < 1.29 is 9.59 Å². The molecule has 2 heteroatoms. The van der Waals surface area contributed by atoms with E-state index in [0.717, 1.165) is 12.0 Å². The van der Waals surface area contributed by atoms with E-state index in [1.54, 1.807) is 6.08 Å². The highest BCUT2D eigenvalue weighted by molar-refractivity contribution is 6.03. The smallest absolute Gasteiger partial charge is 0.156 e. The van der Waals surface area contributed by atoms with E-state index < -0.39 is 0 Å². The summed E-state index contributed by atoms with van der Waals surface area (Å²) in [5.41, 5.74) is 1.13. The Balaban J connectivity index is 0.000000563. The molecule has 3 saturated carbocycles. The van der Waals surface area contributed by atoms with Crippen LogP contribution in [0.15, 0.2) is 11.6 Å². The third-order valence-corrected chi connectivity index (χ3v) is 3.26. The Kier molecular flexibility index (Phi) is 1.33. The Bertz CT molecular complexity index is 301. The summed E-state index contributed by atoms with van der Waals surface area (Å²) in [6.45, 7) is 0. The van der Waals surface area contributed by atoms with Gasteiger partial charge in [0.05, 0.1) is 0 Å². The van der Waals surface area contributed by atoms with Crippen molar-refractivity contribution in [3.05, 3.63) is 11.6 Å². The van der Waals surface area contributed by atoms with Crippen molar-refractivity contribution in [3.8, 4) is 0 Å². The minimum atomic E-state index is 0. The number of allylic oxidation sites excluding steroid dienone is 2. The number of hydrogen-bond acceptors (Lipinski definition) is 2. The van der Waals surface area contributed by atoms with Crippen LogP contribution in [0.2, 0.25) is 0 Å². The van der Waals surface area contributed by atoms with Gasteiger partial charge in [-0.25, -0.2) is 0 Å². The highest BCUT2D eigenvalue weighted by Gasteiger charge is 2.59. The van der Waals surface area contributed by atoms with Crippen LogP contribution < -0.4 is 0 Å². The van der Waals surface area contributed by atoms with Gasteiger partial charge in [0, 0.05) is 18.3 Å². The number of ketones is 2. The highest BCUT2D eigenvalue weighted by Crippen LogP contribution is 2.57. The number of Topliss-reactive ketones (excluding diaryl/α,β-unsaturated/α-hetero) is 1. The van der Waals surface area contributed by atoms with E-state index in [4.69, 9.17) is 0 Å². The van der Waals surface area contributed by atoms with Crippen LogP contribution in [0, 0.1) is 17.8 Å². The number of rotatable bonds is 0. The van der Waals surface area contributed by atoms with Gasteiger partial charge in [0.2, 0.25) is 0 Å². The van der Waals surface area contributed by atoms with Gasteiger partial charge >= 0.3 is 0 Å². The zero-order valence-corrected chi connectivity index (χ0v) is 6.04. The summed E-state index contributed by atoms with van der Waals surface area (Å²) in [6.07, 6.45) is 3.22. The van der Waals surface area contributed by atoms with Crippen molar-refractivity contribution in [1.29, 1.82) is 0 Å². The van der Waals surface area contributed by atoms with Gasteiger partial charge in [-0.3, -0.25) is 9.59 Å². The average molecular weight is 164 g/mol. The van der Waals surface area contributed by atoms with Gasteiger partial charge in [-0.1, -0.05) is 13.0 Å². The van der Waals surface area contributed by atoms with E-state index in [-0.39, 0.29) is 25.0 Å². The number of hydrogen-bond donors (Lipinski definition) is 0. The monoisotopic (exact) mass is 164 g/mol. The molecule has 0 aromatic rings. The molecule has 0 spiro atoms. The van der Waals surface area contributed by atoms with Crippen LogP contribution in [0.1, 0.15) is 20.3 Å².